The van der Waals surface area contributed by atoms with Crippen LogP contribution < -0.4 is 5.73 Å². The number of amides is 1. The maximum absolute atomic E-state index is 11.8. The van der Waals surface area contributed by atoms with Crippen LogP contribution in [0, 0.1) is 0 Å². The summed E-state index contributed by atoms with van der Waals surface area (Å²) in [5.74, 6) is -0.418. The van der Waals surface area contributed by atoms with E-state index in [-0.39, 0.29) is 23.9 Å². The van der Waals surface area contributed by atoms with Gasteiger partial charge < -0.3 is 10.6 Å². The predicted molar refractivity (Wildman–Crippen MR) is 65.3 cm³/mol. The summed E-state index contributed by atoms with van der Waals surface area (Å²) in [5, 5.41) is 0. The van der Waals surface area contributed by atoms with Crippen molar-refractivity contribution in [2.75, 3.05) is 31.3 Å². The number of pyridine rings is 1. The second-order valence-corrected chi connectivity index (χ2v) is 6.09. The SMILES string of the molecule is CN(CCS(C)(=O)=O)C(=O)c1cc(N)ccn1. The van der Waals surface area contributed by atoms with Crippen molar-refractivity contribution < 1.29 is 13.2 Å². The van der Waals surface area contributed by atoms with Gasteiger partial charge >= 0.3 is 0 Å². The van der Waals surface area contributed by atoms with Crippen LogP contribution in [0.25, 0.3) is 0 Å². The monoisotopic (exact) mass is 257 g/mol. The molecule has 0 saturated carbocycles. The fraction of sp³-hybridized carbons (Fsp3) is 0.400. The molecule has 0 saturated heterocycles. The molecule has 6 nitrogen and oxygen atoms in total. The molecule has 1 amide bonds. The van der Waals surface area contributed by atoms with Gasteiger partial charge in [0.2, 0.25) is 0 Å². The Hall–Kier alpha value is -1.63. The highest BCUT2D eigenvalue weighted by molar-refractivity contribution is 7.90. The van der Waals surface area contributed by atoms with Gasteiger partial charge in [0.25, 0.3) is 5.91 Å². The molecule has 0 bridgehead atoms. The fourth-order valence-corrected chi connectivity index (χ4v) is 1.77. The molecule has 0 radical (unpaired) electrons. The van der Waals surface area contributed by atoms with Gasteiger partial charge in [-0.05, 0) is 12.1 Å². The second kappa shape index (κ2) is 5.13. The molecule has 0 fully saturated rings. The first kappa shape index (κ1) is 13.4. The zero-order valence-electron chi connectivity index (χ0n) is 9.75. The number of hydrogen-bond donors (Lipinski definition) is 1. The molecule has 1 aromatic rings. The van der Waals surface area contributed by atoms with Crippen molar-refractivity contribution in [2.24, 2.45) is 0 Å². The Balaban J connectivity index is 2.70. The normalized spacial score (nSPS) is 11.2. The Morgan fingerprint density at radius 1 is 1.53 bits per heavy atom. The van der Waals surface area contributed by atoms with E-state index in [1.807, 2.05) is 0 Å². The zero-order chi connectivity index (χ0) is 13.1. The highest BCUT2D eigenvalue weighted by Crippen LogP contribution is 2.05. The van der Waals surface area contributed by atoms with E-state index in [0.717, 1.165) is 6.26 Å². The molecule has 0 unspecified atom stereocenters. The summed E-state index contributed by atoms with van der Waals surface area (Å²) < 4.78 is 22.0. The molecule has 0 aliphatic rings. The van der Waals surface area contributed by atoms with E-state index in [1.54, 1.807) is 6.07 Å². The van der Waals surface area contributed by atoms with Crippen molar-refractivity contribution >= 4 is 21.4 Å². The number of nitrogens with two attached hydrogens (primary N) is 1. The number of anilines is 1. The molecule has 0 aliphatic carbocycles. The Morgan fingerprint density at radius 3 is 2.71 bits per heavy atom. The van der Waals surface area contributed by atoms with Crippen LogP contribution >= 0.6 is 0 Å². The Bertz CT molecular complexity index is 513. The first-order valence-electron chi connectivity index (χ1n) is 4.94. The fourth-order valence-electron chi connectivity index (χ4n) is 1.16. The third kappa shape index (κ3) is 4.39. The summed E-state index contributed by atoms with van der Waals surface area (Å²) in [6, 6.07) is 3.03. The summed E-state index contributed by atoms with van der Waals surface area (Å²) >= 11 is 0. The van der Waals surface area contributed by atoms with Crippen LogP contribution in [0.2, 0.25) is 0 Å². The Morgan fingerprint density at radius 2 is 2.18 bits per heavy atom. The molecule has 17 heavy (non-hydrogen) atoms. The second-order valence-electron chi connectivity index (χ2n) is 3.83. The summed E-state index contributed by atoms with van der Waals surface area (Å²) in [6.07, 6.45) is 2.57. The average molecular weight is 257 g/mol. The average Bonchev–Trinajstić information content (AvgIpc) is 2.24. The highest BCUT2D eigenvalue weighted by atomic mass is 32.2. The number of aromatic nitrogens is 1. The smallest absolute Gasteiger partial charge is 0.272 e. The summed E-state index contributed by atoms with van der Waals surface area (Å²) in [7, 11) is -1.56. The van der Waals surface area contributed by atoms with Crippen LogP contribution in [0.4, 0.5) is 5.69 Å². The molecule has 2 N–H and O–H groups in total. The van der Waals surface area contributed by atoms with Gasteiger partial charge in [0.15, 0.2) is 0 Å². The summed E-state index contributed by atoms with van der Waals surface area (Å²) in [4.78, 5) is 17.0. The number of carbonyl (C=O) groups excluding carboxylic acids is 1. The van der Waals surface area contributed by atoms with E-state index in [2.05, 4.69) is 4.98 Å². The molecule has 0 spiro atoms. The van der Waals surface area contributed by atoms with Gasteiger partial charge in [-0.25, -0.2) is 8.42 Å². The number of nitrogens with zero attached hydrogens (tertiary/aromatic N) is 2. The van der Waals surface area contributed by atoms with Crippen molar-refractivity contribution in [2.45, 2.75) is 0 Å². The van der Waals surface area contributed by atoms with Crippen LogP contribution in [-0.4, -0.2) is 49.8 Å². The maximum atomic E-state index is 11.8. The molecule has 7 heteroatoms. The Labute approximate surface area is 100 Å². The number of nitrogen functional groups attached to an aromatic ring is 1. The molecule has 0 atom stereocenters. The molecule has 0 aliphatic heterocycles. The third-order valence-corrected chi connectivity index (χ3v) is 3.07. The van der Waals surface area contributed by atoms with Crippen molar-refractivity contribution in [1.82, 2.24) is 9.88 Å². The van der Waals surface area contributed by atoms with Crippen LogP contribution in [-0.2, 0) is 9.84 Å². The number of rotatable bonds is 4. The van der Waals surface area contributed by atoms with Crippen molar-refractivity contribution in [3.63, 3.8) is 0 Å². The van der Waals surface area contributed by atoms with Gasteiger partial charge in [-0.2, -0.15) is 0 Å². The molecular weight excluding hydrogens is 242 g/mol. The van der Waals surface area contributed by atoms with Crippen molar-refractivity contribution in [3.8, 4) is 0 Å². The first-order valence-corrected chi connectivity index (χ1v) is 7.00. The van der Waals surface area contributed by atoms with Gasteiger partial charge in [0.1, 0.15) is 15.5 Å². The van der Waals surface area contributed by atoms with Crippen molar-refractivity contribution in [1.29, 1.82) is 0 Å². The quantitative estimate of drug-likeness (QED) is 0.805. The van der Waals surface area contributed by atoms with Crippen LogP contribution in [0.1, 0.15) is 10.5 Å². The standard InChI is InChI=1S/C10H15N3O3S/c1-13(5-6-17(2,15)16)10(14)9-7-8(11)3-4-12-9/h3-4,7H,5-6H2,1-2H3,(H2,11,12). The Kier molecular flexibility index (Phi) is 4.06. The lowest BCUT2D eigenvalue weighted by atomic mass is 10.3. The lowest BCUT2D eigenvalue weighted by Crippen LogP contribution is -2.32. The highest BCUT2D eigenvalue weighted by Gasteiger charge is 2.14. The van der Waals surface area contributed by atoms with E-state index in [1.165, 1.54) is 24.2 Å². The predicted octanol–water partition coefficient (Wildman–Crippen LogP) is -0.220. The molecule has 1 aromatic heterocycles. The zero-order valence-corrected chi connectivity index (χ0v) is 10.6. The summed E-state index contributed by atoms with van der Waals surface area (Å²) in [6.45, 7) is 0.133. The van der Waals surface area contributed by atoms with E-state index in [9.17, 15) is 13.2 Å². The van der Waals surface area contributed by atoms with Gasteiger partial charge in [-0.3, -0.25) is 9.78 Å². The van der Waals surface area contributed by atoms with Crippen LogP contribution in [0.5, 0.6) is 0 Å². The molecule has 1 rings (SSSR count). The van der Waals surface area contributed by atoms with Gasteiger partial charge in [0, 0.05) is 31.7 Å². The molecular formula is C10H15N3O3S. The molecule has 1 heterocycles. The minimum absolute atomic E-state index is 0.0719. The van der Waals surface area contributed by atoms with Crippen LogP contribution in [0.3, 0.4) is 0 Å². The molecule has 94 valence electrons. The maximum Gasteiger partial charge on any atom is 0.272 e. The summed E-state index contributed by atoms with van der Waals surface area (Å²) in [5.41, 5.74) is 6.19. The third-order valence-electron chi connectivity index (χ3n) is 2.15. The topological polar surface area (TPSA) is 93.4 Å². The molecule has 0 aromatic carbocycles. The minimum Gasteiger partial charge on any atom is -0.399 e. The van der Waals surface area contributed by atoms with E-state index in [0.29, 0.717) is 5.69 Å². The van der Waals surface area contributed by atoms with E-state index in [4.69, 9.17) is 5.73 Å². The number of sulfone groups is 1. The van der Waals surface area contributed by atoms with Gasteiger partial charge in [-0.15, -0.1) is 0 Å². The van der Waals surface area contributed by atoms with E-state index < -0.39 is 9.84 Å². The lowest BCUT2D eigenvalue weighted by molar-refractivity contribution is 0.0798. The first-order chi connectivity index (χ1) is 7.79. The van der Waals surface area contributed by atoms with Gasteiger partial charge in [-0.1, -0.05) is 0 Å². The van der Waals surface area contributed by atoms with Crippen LogP contribution in [0.15, 0.2) is 18.3 Å². The minimum atomic E-state index is -3.08. The lowest BCUT2D eigenvalue weighted by Gasteiger charge is -2.15. The van der Waals surface area contributed by atoms with Crippen molar-refractivity contribution in [3.05, 3.63) is 24.0 Å². The van der Waals surface area contributed by atoms with Gasteiger partial charge in [0.05, 0.1) is 5.75 Å². The number of carbonyl (C=O) groups is 1. The largest absolute Gasteiger partial charge is 0.399 e. The van der Waals surface area contributed by atoms with E-state index >= 15 is 0 Å². The number of hydrogen-bond acceptors (Lipinski definition) is 5.